The fraction of sp³-hybridized carbons (Fsp3) is 0.250. The number of nitrogens with zero attached hydrogens (tertiary/aromatic N) is 3. The molecule has 0 spiro atoms. The van der Waals surface area contributed by atoms with Gasteiger partial charge in [0.15, 0.2) is 0 Å². The molecule has 0 fully saturated rings. The van der Waals surface area contributed by atoms with Gasteiger partial charge in [-0.25, -0.2) is 15.0 Å². The molecule has 6 nitrogen and oxygen atoms in total. The van der Waals surface area contributed by atoms with Crippen molar-refractivity contribution in [1.29, 1.82) is 0 Å². The maximum atomic E-state index is 9.80. The molecule has 0 saturated heterocycles. The van der Waals surface area contributed by atoms with E-state index in [0.717, 1.165) is 16.9 Å². The van der Waals surface area contributed by atoms with Crippen LogP contribution < -0.4 is 10.6 Å². The zero-order valence-corrected chi connectivity index (χ0v) is 16.1. The van der Waals surface area contributed by atoms with E-state index in [0.29, 0.717) is 29.4 Å². The quantitative estimate of drug-likeness (QED) is 0.586. The second-order valence-corrected chi connectivity index (χ2v) is 7.56. The van der Waals surface area contributed by atoms with Crippen molar-refractivity contribution in [2.45, 2.75) is 17.5 Å². The van der Waals surface area contributed by atoms with E-state index in [1.807, 2.05) is 31.2 Å². The lowest BCUT2D eigenvalue weighted by molar-refractivity contribution is 0.218. The third-order valence-electron chi connectivity index (χ3n) is 5.12. The van der Waals surface area contributed by atoms with Gasteiger partial charge in [-0.3, -0.25) is 0 Å². The number of aliphatic hydroxyl groups is 1. The second kappa shape index (κ2) is 7.23. The summed E-state index contributed by atoms with van der Waals surface area (Å²) in [4.78, 5) is 13.4. The fourth-order valence-electron chi connectivity index (χ4n) is 3.39. The Bertz CT molecular complexity index is 1060. The van der Waals surface area contributed by atoms with E-state index in [2.05, 4.69) is 25.6 Å². The van der Waals surface area contributed by atoms with Crippen LogP contribution >= 0.6 is 0 Å². The van der Waals surface area contributed by atoms with E-state index >= 15 is 0 Å². The second-order valence-electron chi connectivity index (χ2n) is 7.56. The Kier molecular flexibility index (Phi) is 4.86. The van der Waals surface area contributed by atoms with Gasteiger partial charge in [0.05, 0.1) is 35.8 Å². The van der Waals surface area contributed by atoms with Gasteiger partial charge in [-0.15, -0.1) is 5.11 Å². The molecule has 0 saturated carbocycles. The Morgan fingerprint density at radius 1 is 1.21 bits per heavy atom. The van der Waals surface area contributed by atoms with Gasteiger partial charge in [-0.05, 0) is 23.8 Å². The standard InChI is InChI=1S/C20H18B3N5O/c1-19(11-29)10-26-17-14(19)8-12(9-25-17)15-6-7-24-18(27-15)28-16-5-3-2-4-13(16)20(21,22)23/h2-9,29H,10-11H2,1H3,(H,25,26)(H,24,27,28). The third-order valence-corrected chi connectivity index (χ3v) is 5.12. The van der Waals surface area contributed by atoms with Gasteiger partial charge in [-0.1, -0.05) is 25.1 Å². The lowest BCUT2D eigenvalue weighted by Gasteiger charge is -2.24. The molecule has 1 unspecified atom stereocenters. The van der Waals surface area contributed by atoms with Crippen molar-refractivity contribution in [3.8, 4) is 11.3 Å². The number of rotatable bonds is 5. The minimum absolute atomic E-state index is 0.0323. The van der Waals surface area contributed by atoms with Gasteiger partial charge < -0.3 is 15.7 Å². The number of hydrogen-bond acceptors (Lipinski definition) is 6. The van der Waals surface area contributed by atoms with Crippen molar-refractivity contribution >= 4 is 41.0 Å². The normalized spacial score (nSPS) is 18.1. The highest BCUT2D eigenvalue weighted by Gasteiger charge is 2.35. The van der Waals surface area contributed by atoms with Crippen LogP contribution in [0.2, 0.25) is 0 Å². The molecule has 1 aromatic carbocycles. The third kappa shape index (κ3) is 3.74. The van der Waals surface area contributed by atoms with Crippen LogP contribution in [0.25, 0.3) is 11.3 Å². The summed E-state index contributed by atoms with van der Waals surface area (Å²) in [7, 11) is 17.6. The molecule has 3 N–H and O–H groups in total. The smallest absolute Gasteiger partial charge is 0.227 e. The number of anilines is 3. The number of aromatic nitrogens is 3. The summed E-state index contributed by atoms with van der Waals surface area (Å²) in [6, 6.07) is 11.0. The molecule has 0 amide bonds. The summed E-state index contributed by atoms with van der Waals surface area (Å²) in [5, 5.41) is 14.7. The van der Waals surface area contributed by atoms with Gasteiger partial charge in [0.1, 0.15) is 5.82 Å². The molecule has 1 aliphatic rings. The Morgan fingerprint density at radius 3 is 2.76 bits per heavy atom. The number of fused-ring (bicyclic) bond motifs is 1. The van der Waals surface area contributed by atoms with Crippen LogP contribution in [0, 0.1) is 0 Å². The van der Waals surface area contributed by atoms with Crippen LogP contribution in [0.3, 0.4) is 0 Å². The molecule has 2 aromatic heterocycles. The Morgan fingerprint density at radius 2 is 2.00 bits per heavy atom. The summed E-state index contributed by atoms with van der Waals surface area (Å²) in [6.07, 6.45) is 3.41. The highest BCUT2D eigenvalue weighted by atomic mass is 16.3. The first-order valence-electron chi connectivity index (χ1n) is 9.22. The molecule has 3 heterocycles. The number of nitrogens with one attached hydrogen (secondary N) is 2. The van der Waals surface area contributed by atoms with E-state index in [1.165, 1.54) is 0 Å². The van der Waals surface area contributed by atoms with E-state index in [4.69, 9.17) is 23.5 Å². The van der Waals surface area contributed by atoms with Crippen LogP contribution in [0.4, 0.5) is 17.5 Å². The molecule has 4 rings (SSSR count). The van der Waals surface area contributed by atoms with E-state index in [9.17, 15) is 5.11 Å². The number of aliphatic hydroxyl groups excluding tert-OH is 1. The van der Waals surface area contributed by atoms with Crippen LogP contribution in [0.15, 0.2) is 48.8 Å². The van der Waals surface area contributed by atoms with Crippen molar-refractivity contribution in [3.05, 3.63) is 59.9 Å². The highest BCUT2D eigenvalue weighted by Crippen LogP contribution is 2.37. The number of para-hydroxylation sites is 1. The topological polar surface area (TPSA) is 83.0 Å². The monoisotopic (exact) mass is 377 g/mol. The van der Waals surface area contributed by atoms with Crippen LogP contribution in [-0.2, 0) is 10.5 Å². The van der Waals surface area contributed by atoms with Crippen LogP contribution in [0.1, 0.15) is 18.1 Å². The lowest BCUT2D eigenvalue weighted by atomic mass is 9.40. The zero-order valence-electron chi connectivity index (χ0n) is 16.1. The molecular formula is C20H18B3N5O. The molecule has 3 aromatic rings. The first-order valence-corrected chi connectivity index (χ1v) is 9.22. The predicted molar refractivity (Wildman–Crippen MR) is 117 cm³/mol. The predicted octanol–water partition coefficient (Wildman–Crippen LogP) is 1.57. The zero-order chi connectivity index (χ0) is 20.6. The van der Waals surface area contributed by atoms with E-state index in [1.54, 1.807) is 24.5 Å². The van der Waals surface area contributed by atoms with Crippen molar-refractivity contribution in [1.82, 2.24) is 15.0 Å². The maximum Gasteiger partial charge on any atom is 0.227 e. The Balaban J connectivity index is 1.67. The molecule has 138 valence electrons. The van der Waals surface area contributed by atoms with Gasteiger partial charge in [0.2, 0.25) is 5.95 Å². The molecule has 29 heavy (non-hydrogen) atoms. The minimum Gasteiger partial charge on any atom is -0.395 e. The molecule has 0 bridgehead atoms. The van der Waals surface area contributed by atoms with Crippen molar-refractivity contribution in [2.24, 2.45) is 0 Å². The molecule has 1 atom stereocenters. The van der Waals surface area contributed by atoms with Gasteiger partial charge in [0.25, 0.3) is 0 Å². The molecule has 9 heteroatoms. The van der Waals surface area contributed by atoms with Crippen molar-refractivity contribution < 1.29 is 5.11 Å². The SMILES string of the molecule is [B]C([B])([B])c1ccccc1Nc1nccc(-c2cnc3c(c2)C(C)(CO)CN3)n1. The Hall–Kier alpha value is -2.80. The lowest BCUT2D eigenvalue weighted by Crippen LogP contribution is -2.28. The summed E-state index contributed by atoms with van der Waals surface area (Å²) >= 11 is 0. The van der Waals surface area contributed by atoms with E-state index < -0.39 is 5.11 Å². The number of hydrogen-bond donors (Lipinski definition) is 3. The van der Waals surface area contributed by atoms with Gasteiger partial charge >= 0.3 is 0 Å². The Labute approximate surface area is 173 Å². The first kappa shape index (κ1) is 19.5. The highest BCUT2D eigenvalue weighted by molar-refractivity contribution is 6.59. The average molecular weight is 377 g/mol. The summed E-state index contributed by atoms with van der Waals surface area (Å²) in [5.74, 6) is 1.17. The van der Waals surface area contributed by atoms with Crippen LogP contribution in [0.5, 0.6) is 0 Å². The summed E-state index contributed by atoms with van der Waals surface area (Å²) in [5.41, 5.74) is 3.28. The van der Waals surface area contributed by atoms with Gasteiger partial charge in [0, 0.05) is 41.2 Å². The molecule has 6 radical (unpaired) electrons. The fourth-order valence-corrected chi connectivity index (χ4v) is 3.39. The largest absolute Gasteiger partial charge is 0.395 e. The average Bonchev–Trinajstić information content (AvgIpc) is 3.05. The number of benzene rings is 1. The molecular weight excluding hydrogens is 359 g/mol. The first-order chi connectivity index (χ1) is 13.8. The van der Waals surface area contributed by atoms with Crippen LogP contribution in [-0.4, -0.2) is 56.7 Å². The van der Waals surface area contributed by atoms with E-state index in [-0.39, 0.29) is 12.0 Å². The maximum absolute atomic E-state index is 9.80. The molecule has 1 aliphatic heterocycles. The summed E-state index contributed by atoms with van der Waals surface area (Å²) in [6.45, 7) is 2.67. The minimum atomic E-state index is -1.49. The van der Waals surface area contributed by atoms with Crippen molar-refractivity contribution in [2.75, 3.05) is 23.8 Å². The molecule has 0 aliphatic carbocycles. The van der Waals surface area contributed by atoms with Gasteiger partial charge in [-0.2, -0.15) is 0 Å². The summed E-state index contributed by atoms with van der Waals surface area (Å²) < 4.78 is 0. The van der Waals surface area contributed by atoms with Crippen molar-refractivity contribution in [3.63, 3.8) is 0 Å². The number of pyridine rings is 1.